The summed E-state index contributed by atoms with van der Waals surface area (Å²) in [6.45, 7) is 5.15. The number of rotatable bonds is 8. The zero-order valence-corrected chi connectivity index (χ0v) is 12.6. The van der Waals surface area contributed by atoms with E-state index in [1.165, 1.54) is 6.07 Å². The van der Waals surface area contributed by atoms with Crippen molar-refractivity contribution in [2.24, 2.45) is 0 Å². The van der Waals surface area contributed by atoms with E-state index in [-0.39, 0.29) is 12.3 Å². The molecular formula is C14H21ClN2O3. The van der Waals surface area contributed by atoms with E-state index < -0.39 is 4.92 Å². The summed E-state index contributed by atoms with van der Waals surface area (Å²) in [6.07, 6.45) is 1.88. The van der Waals surface area contributed by atoms with E-state index in [1.54, 1.807) is 12.1 Å². The minimum absolute atomic E-state index is 0.0337. The van der Waals surface area contributed by atoms with Gasteiger partial charge in [-0.1, -0.05) is 25.4 Å². The van der Waals surface area contributed by atoms with E-state index >= 15 is 0 Å². The third kappa shape index (κ3) is 4.44. The number of benzene rings is 1. The average molecular weight is 301 g/mol. The van der Waals surface area contributed by atoms with Crippen LogP contribution >= 0.6 is 11.6 Å². The summed E-state index contributed by atoms with van der Waals surface area (Å²) in [5.74, 6) is 0. The summed E-state index contributed by atoms with van der Waals surface area (Å²) < 4.78 is 0. The SMILES string of the molecule is CCC(CC)N(CCO)Cc1ccc(Cl)cc1[N+](=O)[O-]. The van der Waals surface area contributed by atoms with Crippen LogP contribution in [0.4, 0.5) is 5.69 Å². The Labute approximate surface area is 124 Å². The van der Waals surface area contributed by atoms with Crippen LogP contribution in [0, 0.1) is 10.1 Å². The Balaban J connectivity index is 3.01. The molecule has 1 N–H and O–H groups in total. The molecule has 0 aliphatic heterocycles. The summed E-state index contributed by atoms with van der Waals surface area (Å²) in [6, 6.07) is 5.03. The molecule has 0 aromatic heterocycles. The van der Waals surface area contributed by atoms with Gasteiger partial charge < -0.3 is 5.11 Å². The van der Waals surface area contributed by atoms with E-state index in [0.717, 1.165) is 12.8 Å². The van der Waals surface area contributed by atoms with Gasteiger partial charge in [0.2, 0.25) is 0 Å². The molecule has 0 bridgehead atoms. The highest BCUT2D eigenvalue weighted by Crippen LogP contribution is 2.25. The summed E-state index contributed by atoms with van der Waals surface area (Å²) in [4.78, 5) is 12.8. The maximum absolute atomic E-state index is 11.1. The zero-order chi connectivity index (χ0) is 15.1. The zero-order valence-electron chi connectivity index (χ0n) is 11.9. The van der Waals surface area contributed by atoms with Crippen LogP contribution < -0.4 is 0 Å². The van der Waals surface area contributed by atoms with Gasteiger partial charge in [-0.2, -0.15) is 0 Å². The van der Waals surface area contributed by atoms with E-state index in [4.69, 9.17) is 11.6 Å². The Morgan fingerprint density at radius 3 is 2.55 bits per heavy atom. The number of aliphatic hydroxyl groups excluding tert-OH is 1. The van der Waals surface area contributed by atoms with Crippen LogP contribution in [0.2, 0.25) is 5.02 Å². The number of hydrogen-bond acceptors (Lipinski definition) is 4. The molecule has 0 radical (unpaired) electrons. The van der Waals surface area contributed by atoms with Crippen molar-refractivity contribution in [3.8, 4) is 0 Å². The topological polar surface area (TPSA) is 66.6 Å². The fraction of sp³-hybridized carbons (Fsp3) is 0.571. The van der Waals surface area contributed by atoms with Crippen molar-refractivity contribution < 1.29 is 10.0 Å². The summed E-state index contributed by atoms with van der Waals surface area (Å²) in [5, 5.41) is 20.6. The predicted molar refractivity (Wildman–Crippen MR) is 80.0 cm³/mol. The molecule has 0 fully saturated rings. The lowest BCUT2D eigenvalue weighted by Crippen LogP contribution is -2.36. The molecule has 0 atom stereocenters. The summed E-state index contributed by atoms with van der Waals surface area (Å²) in [7, 11) is 0. The van der Waals surface area contributed by atoms with E-state index in [9.17, 15) is 15.2 Å². The number of nitro benzene ring substituents is 1. The molecular weight excluding hydrogens is 280 g/mol. The predicted octanol–water partition coefficient (Wildman–Crippen LogP) is 3.23. The van der Waals surface area contributed by atoms with Crippen LogP contribution in [0.15, 0.2) is 18.2 Å². The second-order valence-electron chi connectivity index (χ2n) is 4.69. The minimum Gasteiger partial charge on any atom is -0.395 e. The van der Waals surface area contributed by atoms with Crippen LogP contribution in [-0.2, 0) is 6.54 Å². The van der Waals surface area contributed by atoms with Crippen LogP contribution in [0.3, 0.4) is 0 Å². The third-order valence-electron chi connectivity index (χ3n) is 3.46. The fourth-order valence-electron chi connectivity index (χ4n) is 2.38. The molecule has 0 spiro atoms. The lowest BCUT2D eigenvalue weighted by atomic mass is 10.1. The number of hydrogen-bond donors (Lipinski definition) is 1. The Kier molecular flexibility index (Phi) is 6.91. The first-order valence-corrected chi connectivity index (χ1v) is 7.18. The van der Waals surface area contributed by atoms with Crippen molar-refractivity contribution in [3.63, 3.8) is 0 Å². The highest BCUT2D eigenvalue weighted by Gasteiger charge is 2.20. The Morgan fingerprint density at radius 1 is 1.40 bits per heavy atom. The number of nitrogens with zero attached hydrogens (tertiary/aromatic N) is 2. The van der Waals surface area contributed by atoms with Gasteiger partial charge in [0, 0.05) is 35.8 Å². The molecule has 20 heavy (non-hydrogen) atoms. The standard InChI is InChI=1S/C14H21ClN2O3/c1-3-13(4-2)16(7-8-18)10-11-5-6-12(15)9-14(11)17(19)20/h5-6,9,13,18H,3-4,7-8,10H2,1-2H3. The van der Waals surface area contributed by atoms with Gasteiger partial charge in [0.05, 0.1) is 11.5 Å². The number of aliphatic hydroxyl groups is 1. The maximum Gasteiger partial charge on any atom is 0.275 e. The Hall–Kier alpha value is -1.17. The van der Waals surface area contributed by atoms with Crippen LogP contribution in [0.1, 0.15) is 32.3 Å². The van der Waals surface area contributed by atoms with Crippen molar-refractivity contribution in [1.29, 1.82) is 0 Å². The van der Waals surface area contributed by atoms with Gasteiger partial charge in [0.1, 0.15) is 0 Å². The van der Waals surface area contributed by atoms with Gasteiger partial charge in [0.25, 0.3) is 5.69 Å². The Morgan fingerprint density at radius 2 is 2.05 bits per heavy atom. The molecule has 0 unspecified atom stereocenters. The van der Waals surface area contributed by atoms with E-state index in [2.05, 4.69) is 18.7 Å². The molecule has 0 saturated carbocycles. The van der Waals surface area contributed by atoms with Gasteiger partial charge in [-0.05, 0) is 25.0 Å². The van der Waals surface area contributed by atoms with Gasteiger partial charge in [-0.25, -0.2) is 0 Å². The van der Waals surface area contributed by atoms with E-state index in [1.807, 2.05) is 0 Å². The molecule has 0 amide bonds. The van der Waals surface area contributed by atoms with Crippen molar-refractivity contribution in [2.45, 2.75) is 39.3 Å². The van der Waals surface area contributed by atoms with Gasteiger partial charge in [-0.3, -0.25) is 15.0 Å². The fourth-order valence-corrected chi connectivity index (χ4v) is 2.55. The lowest BCUT2D eigenvalue weighted by Gasteiger charge is -2.29. The smallest absolute Gasteiger partial charge is 0.275 e. The number of halogens is 1. The van der Waals surface area contributed by atoms with E-state index in [0.29, 0.717) is 29.7 Å². The van der Waals surface area contributed by atoms with Crippen LogP contribution in [0.5, 0.6) is 0 Å². The van der Waals surface area contributed by atoms with Crippen molar-refractivity contribution in [2.75, 3.05) is 13.2 Å². The first kappa shape index (κ1) is 16.9. The second kappa shape index (κ2) is 8.19. The summed E-state index contributed by atoms with van der Waals surface area (Å²) >= 11 is 5.82. The molecule has 0 heterocycles. The highest BCUT2D eigenvalue weighted by molar-refractivity contribution is 6.30. The van der Waals surface area contributed by atoms with Crippen LogP contribution in [0.25, 0.3) is 0 Å². The molecule has 1 aromatic rings. The minimum atomic E-state index is -0.411. The molecule has 1 aromatic carbocycles. The van der Waals surface area contributed by atoms with Gasteiger partial charge in [0.15, 0.2) is 0 Å². The molecule has 0 aliphatic rings. The van der Waals surface area contributed by atoms with Crippen molar-refractivity contribution in [1.82, 2.24) is 4.90 Å². The number of nitro groups is 1. The first-order valence-electron chi connectivity index (χ1n) is 6.81. The third-order valence-corrected chi connectivity index (χ3v) is 3.70. The van der Waals surface area contributed by atoms with Gasteiger partial charge in [-0.15, -0.1) is 0 Å². The maximum atomic E-state index is 11.1. The Bertz CT molecular complexity index is 450. The lowest BCUT2D eigenvalue weighted by molar-refractivity contribution is -0.385. The first-order chi connectivity index (χ1) is 9.53. The van der Waals surface area contributed by atoms with Crippen LogP contribution in [-0.4, -0.2) is 34.1 Å². The molecule has 1 rings (SSSR count). The summed E-state index contributed by atoms with van der Waals surface area (Å²) in [5.41, 5.74) is 0.658. The monoisotopic (exact) mass is 300 g/mol. The van der Waals surface area contributed by atoms with Gasteiger partial charge >= 0.3 is 0 Å². The quantitative estimate of drug-likeness (QED) is 0.591. The van der Waals surface area contributed by atoms with Crippen molar-refractivity contribution in [3.05, 3.63) is 38.9 Å². The average Bonchev–Trinajstić information content (AvgIpc) is 2.42. The molecule has 6 heteroatoms. The molecule has 5 nitrogen and oxygen atoms in total. The second-order valence-corrected chi connectivity index (χ2v) is 5.13. The molecule has 0 aliphatic carbocycles. The normalized spacial score (nSPS) is 11.3. The molecule has 112 valence electrons. The molecule has 0 saturated heterocycles. The highest BCUT2D eigenvalue weighted by atomic mass is 35.5. The largest absolute Gasteiger partial charge is 0.395 e. The van der Waals surface area contributed by atoms with Crippen molar-refractivity contribution >= 4 is 17.3 Å².